The summed E-state index contributed by atoms with van der Waals surface area (Å²) in [7, 11) is 3.83. The van der Waals surface area contributed by atoms with Crippen LogP contribution in [0.15, 0.2) is 36.4 Å². The second-order valence-electron chi connectivity index (χ2n) is 5.55. The lowest BCUT2D eigenvalue weighted by Crippen LogP contribution is -2.32. The van der Waals surface area contributed by atoms with Gasteiger partial charge >= 0.3 is 0 Å². The summed E-state index contributed by atoms with van der Waals surface area (Å²) in [5, 5.41) is 6.19. The van der Waals surface area contributed by atoms with Gasteiger partial charge in [-0.15, -0.1) is 0 Å². The molecule has 0 fully saturated rings. The number of rotatable bonds is 6. The highest BCUT2D eigenvalue weighted by atomic mass is 35.5. The van der Waals surface area contributed by atoms with Crippen LogP contribution >= 0.6 is 23.2 Å². The fourth-order valence-electron chi connectivity index (χ4n) is 1.95. The molecule has 2 amide bonds. The first-order valence-corrected chi connectivity index (χ1v) is 8.29. The fourth-order valence-corrected chi connectivity index (χ4v) is 2.40. The Morgan fingerprint density at radius 2 is 1.76 bits per heavy atom. The molecule has 0 aliphatic heterocycles. The lowest BCUT2D eigenvalue weighted by Gasteiger charge is -2.11. The summed E-state index contributed by atoms with van der Waals surface area (Å²) >= 11 is 11.9. The fraction of sp³-hybridized carbons (Fsp3) is 0.235. The van der Waals surface area contributed by atoms with Crippen molar-refractivity contribution in [2.45, 2.75) is 0 Å². The quantitative estimate of drug-likeness (QED) is 0.807. The highest BCUT2D eigenvalue weighted by molar-refractivity contribution is 6.36. The molecule has 0 atom stereocenters. The van der Waals surface area contributed by atoms with Gasteiger partial charge < -0.3 is 15.5 Å². The molecule has 2 rings (SSSR count). The number of hydrogen-bond acceptors (Lipinski definition) is 4. The van der Waals surface area contributed by atoms with E-state index in [1.165, 1.54) is 12.1 Å². The molecule has 8 heteroatoms. The van der Waals surface area contributed by atoms with Crippen molar-refractivity contribution in [1.82, 2.24) is 15.2 Å². The van der Waals surface area contributed by atoms with E-state index in [2.05, 4.69) is 15.6 Å². The molecular weight excluding hydrogens is 363 g/mol. The molecule has 2 N–H and O–H groups in total. The maximum absolute atomic E-state index is 12.3. The molecule has 25 heavy (non-hydrogen) atoms. The summed E-state index contributed by atoms with van der Waals surface area (Å²) in [5.41, 5.74) is 0.707. The molecule has 132 valence electrons. The monoisotopic (exact) mass is 380 g/mol. The van der Waals surface area contributed by atoms with Crippen molar-refractivity contribution in [2.75, 3.05) is 32.5 Å². The largest absolute Gasteiger partial charge is 0.349 e. The van der Waals surface area contributed by atoms with E-state index in [-0.39, 0.29) is 17.3 Å². The molecule has 1 heterocycles. The molecular formula is C17H18Cl2N4O2. The first-order chi connectivity index (χ1) is 11.9. The van der Waals surface area contributed by atoms with E-state index in [9.17, 15) is 9.59 Å². The topological polar surface area (TPSA) is 74.3 Å². The number of benzene rings is 1. The summed E-state index contributed by atoms with van der Waals surface area (Å²) < 4.78 is 0. The zero-order valence-electron chi connectivity index (χ0n) is 13.8. The second kappa shape index (κ2) is 8.80. The number of likely N-dealkylation sites (N-methyl/N-ethyl adjacent to an activating group) is 1. The molecule has 1 aromatic heterocycles. The molecule has 0 saturated heterocycles. The van der Waals surface area contributed by atoms with Crippen LogP contribution in [-0.2, 0) is 0 Å². The van der Waals surface area contributed by atoms with Gasteiger partial charge in [0.05, 0.1) is 10.7 Å². The van der Waals surface area contributed by atoms with Gasteiger partial charge in [0.2, 0.25) is 0 Å². The molecule has 0 aliphatic rings. The minimum Gasteiger partial charge on any atom is -0.349 e. The summed E-state index contributed by atoms with van der Waals surface area (Å²) in [5.74, 6) is -0.798. The molecule has 0 saturated carbocycles. The predicted octanol–water partition coefficient (Wildman–Crippen LogP) is 2.93. The normalized spacial score (nSPS) is 10.6. The zero-order chi connectivity index (χ0) is 18.4. The molecule has 6 nitrogen and oxygen atoms in total. The van der Waals surface area contributed by atoms with Crippen LogP contribution in [0.25, 0.3) is 0 Å². The van der Waals surface area contributed by atoms with E-state index in [1.54, 1.807) is 24.3 Å². The van der Waals surface area contributed by atoms with E-state index < -0.39 is 5.91 Å². The molecule has 0 spiro atoms. The van der Waals surface area contributed by atoms with Gasteiger partial charge in [-0.3, -0.25) is 9.59 Å². The van der Waals surface area contributed by atoms with E-state index in [4.69, 9.17) is 23.2 Å². The number of halogens is 2. The van der Waals surface area contributed by atoms with Crippen molar-refractivity contribution in [1.29, 1.82) is 0 Å². The average Bonchev–Trinajstić information content (AvgIpc) is 2.57. The highest BCUT2D eigenvalue weighted by Crippen LogP contribution is 2.25. The lowest BCUT2D eigenvalue weighted by atomic mass is 10.2. The number of nitrogens with one attached hydrogen (secondary N) is 2. The number of aromatic nitrogens is 1. The Balaban J connectivity index is 2.06. The summed E-state index contributed by atoms with van der Waals surface area (Å²) in [4.78, 5) is 30.5. The Morgan fingerprint density at radius 1 is 1.08 bits per heavy atom. The summed E-state index contributed by atoms with van der Waals surface area (Å²) in [6.07, 6.45) is 0. The number of anilines is 1. The van der Waals surface area contributed by atoms with Gasteiger partial charge in [-0.2, -0.15) is 0 Å². The molecule has 1 aromatic carbocycles. The number of carbonyl (C=O) groups excluding carboxylic acids is 2. The van der Waals surface area contributed by atoms with E-state index in [0.29, 0.717) is 28.8 Å². The standard InChI is InChI=1S/C17H18Cl2N4O2/c1-23(2)9-8-20-16(24)14-4-3-5-15(21-14)17(25)22-13-7-6-11(18)10-12(13)19/h3-7,10H,8-9H2,1-2H3,(H,20,24)(H,22,25). The predicted molar refractivity (Wildman–Crippen MR) is 99.5 cm³/mol. The molecule has 0 radical (unpaired) electrons. The molecule has 0 aliphatic carbocycles. The Kier molecular flexibility index (Phi) is 6.75. The Labute approximate surface area is 156 Å². The number of amides is 2. The van der Waals surface area contributed by atoms with Gasteiger partial charge in [-0.05, 0) is 44.4 Å². The van der Waals surface area contributed by atoms with E-state index in [1.807, 2.05) is 19.0 Å². The van der Waals surface area contributed by atoms with Crippen molar-refractivity contribution in [3.05, 3.63) is 57.8 Å². The van der Waals surface area contributed by atoms with E-state index >= 15 is 0 Å². The Bertz CT molecular complexity index is 781. The van der Waals surface area contributed by atoms with Crippen LogP contribution in [0.3, 0.4) is 0 Å². The number of pyridine rings is 1. The van der Waals surface area contributed by atoms with Gasteiger partial charge in [0.25, 0.3) is 11.8 Å². The van der Waals surface area contributed by atoms with Crippen LogP contribution in [0.5, 0.6) is 0 Å². The van der Waals surface area contributed by atoms with Crippen LogP contribution in [0.4, 0.5) is 5.69 Å². The van der Waals surface area contributed by atoms with Gasteiger partial charge in [-0.25, -0.2) is 4.98 Å². The number of nitrogens with zero attached hydrogens (tertiary/aromatic N) is 2. The first kappa shape index (κ1) is 19.2. The van der Waals surface area contributed by atoms with Crippen LogP contribution < -0.4 is 10.6 Å². The third-order valence-electron chi connectivity index (χ3n) is 3.24. The third-order valence-corrected chi connectivity index (χ3v) is 3.79. The molecule has 2 aromatic rings. The first-order valence-electron chi connectivity index (χ1n) is 7.53. The third kappa shape index (κ3) is 5.70. The van der Waals surface area contributed by atoms with Crippen molar-refractivity contribution in [3.8, 4) is 0 Å². The van der Waals surface area contributed by atoms with Gasteiger partial charge in [-0.1, -0.05) is 29.3 Å². The van der Waals surface area contributed by atoms with Crippen molar-refractivity contribution >= 4 is 40.7 Å². The smallest absolute Gasteiger partial charge is 0.274 e. The maximum Gasteiger partial charge on any atom is 0.274 e. The minimum atomic E-state index is -0.466. The second-order valence-corrected chi connectivity index (χ2v) is 6.39. The van der Waals surface area contributed by atoms with Gasteiger partial charge in [0.1, 0.15) is 11.4 Å². The van der Waals surface area contributed by atoms with Gasteiger partial charge in [0.15, 0.2) is 0 Å². The Hall–Kier alpha value is -2.15. The van der Waals surface area contributed by atoms with Crippen LogP contribution in [-0.4, -0.2) is 48.9 Å². The average molecular weight is 381 g/mol. The zero-order valence-corrected chi connectivity index (χ0v) is 15.4. The van der Waals surface area contributed by atoms with E-state index in [0.717, 1.165) is 0 Å². The van der Waals surface area contributed by atoms with Crippen molar-refractivity contribution in [2.24, 2.45) is 0 Å². The van der Waals surface area contributed by atoms with Crippen LogP contribution in [0.1, 0.15) is 21.0 Å². The Morgan fingerprint density at radius 3 is 2.40 bits per heavy atom. The van der Waals surface area contributed by atoms with Crippen LogP contribution in [0.2, 0.25) is 10.0 Å². The van der Waals surface area contributed by atoms with Gasteiger partial charge in [0, 0.05) is 18.1 Å². The molecule has 0 unspecified atom stereocenters. The SMILES string of the molecule is CN(C)CCNC(=O)c1cccc(C(=O)Nc2ccc(Cl)cc2Cl)n1. The minimum absolute atomic E-state index is 0.117. The lowest BCUT2D eigenvalue weighted by molar-refractivity contribution is 0.0946. The number of carbonyl (C=O) groups is 2. The maximum atomic E-state index is 12.3. The number of hydrogen-bond donors (Lipinski definition) is 2. The highest BCUT2D eigenvalue weighted by Gasteiger charge is 2.13. The molecule has 0 bridgehead atoms. The van der Waals surface area contributed by atoms with Crippen molar-refractivity contribution < 1.29 is 9.59 Å². The summed E-state index contributed by atoms with van der Waals surface area (Å²) in [6.45, 7) is 1.20. The summed E-state index contributed by atoms with van der Waals surface area (Å²) in [6, 6.07) is 9.42. The van der Waals surface area contributed by atoms with Crippen molar-refractivity contribution in [3.63, 3.8) is 0 Å². The van der Waals surface area contributed by atoms with Crippen LogP contribution in [0, 0.1) is 0 Å².